The molecule has 0 amide bonds. The van der Waals surface area contributed by atoms with Crippen LogP contribution < -0.4 is 4.18 Å². The van der Waals surface area contributed by atoms with Crippen LogP contribution in [0.3, 0.4) is 0 Å². The van der Waals surface area contributed by atoms with Crippen LogP contribution in [0.15, 0.2) is 18.2 Å². The molecule has 1 aromatic carbocycles. The van der Waals surface area contributed by atoms with Gasteiger partial charge in [0.05, 0.1) is 0 Å². The summed E-state index contributed by atoms with van der Waals surface area (Å²) < 4.78 is 34.0. The Morgan fingerprint density at radius 2 is 2.07 bits per heavy atom. The van der Waals surface area contributed by atoms with Crippen LogP contribution in [-0.2, 0) is 16.8 Å². The molecule has 0 saturated carbocycles. The van der Waals surface area contributed by atoms with E-state index >= 15 is 0 Å². The predicted molar refractivity (Wildman–Crippen MR) is 52.7 cm³/mol. The molecule has 0 aliphatic rings. The average molecular weight is 216 g/mol. The Morgan fingerprint density at radius 3 is 2.57 bits per heavy atom. The standard InChI is InChI=1S/C9H12O4S/c1-3-8-7(2)5-4-6-9(8)13-14(10,11)12/h4-6H,3H2,1-2H3,(H,10,11,12). The molecule has 0 spiro atoms. The van der Waals surface area contributed by atoms with Crippen LogP contribution in [0.4, 0.5) is 0 Å². The molecular formula is C9H12O4S. The van der Waals surface area contributed by atoms with Gasteiger partial charge in [-0.2, -0.15) is 8.42 Å². The molecule has 0 aliphatic carbocycles. The second-order valence-electron chi connectivity index (χ2n) is 2.92. The first kappa shape index (κ1) is 11.0. The third kappa shape index (κ3) is 2.71. The number of aryl methyl sites for hydroxylation is 1. The fourth-order valence-corrected chi connectivity index (χ4v) is 1.70. The van der Waals surface area contributed by atoms with Gasteiger partial charge in [0.15, 0.2) is 0 Å². The van der Waals surface area contributed by atoms with Crippen molar-refractivity contribution < 1.29 is 17.2 Å². The number of hydrogen-bond donors (Lipinski definition) is 1. The van der Waals surface area contributed by atoms with Gasteiger partial charge in [0.25, 0.3) is 0 Å². The summed E-state index contributed by atoms with van der Waals surface area (Å²) in [6.07, 6.45) is 0.650. The summed E-state index contributed by atoms with van der Waals surface area (Å²) in [5.41, 5.74) is 1.72. The quantitative estimate of drug-likeness (QED) is 0.782. The molecular weight excluding hydrogens is 204 g/mol. The van der Waals surface area contributed by atoms with E-state index in [0.29, 0.717) is 6.42 Å². The van der Waals surface area contributed by atoms with Crippen LogP contribution in [0, 0.1) is 6.92 Å². The second kappa shape index (κ2) is 3.98. The Bertz CT molecular complexity index is 422. The van der Waals surface area contributed by atoms with E-state index in [-0.39, 0.29) is 5.75 Å². The van der Waals surface area contributed by atoms with Crippen LogP contribution in [-0.4, -0.2) is 13.0 Å². The zero-order chi connectivity index (χ0) is 10.8. The van der Waals surface area contributed by atoms with Crippen LogP contribution in [0.5, 0.6) is 5.75 Å². The molecule has 78 valence electrons. The molecule has 1 aromatic rings. The Morgan fingerprint density at radius 1 is 1.43 bits per heavy atom. The lowest BCUT2D eigenvalue weighted by atomic mass is 10.1. The minimum absolute atomic E-state index is 0.190. The van der Waals surface area contributed by atoms with Crippen LogP contribution in [0.25, 0.3) is 0 Å². The maximum atomic E-state index is 10.5. The van der Waals surface area contributed by atoms with Crippen molar-refractivity contribution in [1.82, 2.24) is 0 Å². The first-order valence-electron chi connectivity index (χ1n) is 4.19. The lowest BCUT2D eigenvalue weighted by Crippen LogP contribution is -2.08. The topological polar surface area (TPSA) is 63.6 Å². The van der Waals surface area contributed by atoms with Crippen LogP contribution in [0.2, 0.25) is 0 Å². The van der Waals surface area contributed by atoms with Crippen molar-refractivity contribution in [2.75, 3.05) is 0 Å². The molecule has 0 aromatic heterocycles. The SMILES string of the molecule is CCc1c(C)cccc1OS(=O)(=O)O. The molecule has 0 heterocycles. The van der Waals surface area contributed by atoms with Gasteiger partial charge in [0.2, 0.25) is 0 Å². The molecule has 4 nitrogen and oxygen atoms in total. The predicted octanol–water partition coefficient (Wildman–Crippen LogP) is 1.74. The molecule has 0 atom stereocenters. The van der Waals surface area contributed by atoms with Crippen molar-refractivity contribution in [2.45, 2.75) is 20.3 Å². The minimum Gasteiger partial charge on any atom is -0.362 e. The van der Waals surface area contributed by atoms with Crippen LogP contribution >= 0.6 is 0 Å². The van der Waals surface area contributed by atoms with Crippen LogP contribution in [0.1, 0.15) is 18.1 Å². The summed E-state index contributed by atoms with van der Waals surface area (Å²) in [5.74, 6) is 0.190. The van der Waals surface area contributed by atoms with Gasteiger partial charge in [-0.25, -0.2) is 0 Å². The Kier molecular flexibility index (Phi) is 3.13. The number of rotatable bonds is 3. The van der Waals surface area contributed by atoms with E-state index < -0.39 is 10.4 Å². The third-order valence-electron chi connectivity index (χ3n) is 1.92. The van der Waals surface area contributed by atoms with E-state index in [2.05, 4.69) is 4.18 Å². The molecule has 0 aliphatic heterocycles. The zero-order valence-electron chi connectivity index (χ0n) is 8.02. The smallest absolute Gasteiger partial charge is 0.362 e. The Balaban J connectivity index is 3.15. The molecule has 0 fully saturated rings. The van der Waals surface area contributed by atoms with E-state index in [1.54, 1.807) is 6.07 Å². The first-order valence-corrected chi connectivity index (χ1v) is 5.56. The Hall–Kier alpha value is -1.07. The van der Waals surface area contributed by atoms with Crippen molar-refractivity contribution in [1.29, 1.82) is 0 Å². The highest BCUT2D eigenvalue weighted by Crippen LogP contribution is 2.23. The fraction of sp³-hybridized carbons (Fsp3) is 0.333. The molecule has 1 rings (SSSR count). The van der Waals surface area contributed by atoms with E-state index in [1.807, 2.05) is 19.9 Å². The lowest BCUT2D eigenvalue weighted by Gasteiger charge is -2.09. The van der Waals surface area contributed by atoms with Gasteiger partial charge < -0.3 is 4.18 Å². The molecule has 1 N–H and O–H groups in total. The third-order valence-corrected chi connectivity index (χ3v) is 2.31. The van der Waals surface area contributed by atoms with Gasteiger partial charge >= 0.3 is 10.4 Å². The van der Waals surface area contributed by atoms with Gasteiger partial charge in [0, 0.05) is 0 Å². The van der Waals surface area contributed by atoms with Crippen molar-refractivity contribution in [3.8, 4) is 5.75 Å². The van der Waals surface area contributed by atoms with E-state index in [1.165, 1.54) is 6.07 Å². The van der Waals surface area contributed by atoms with Crippen molar-refractivity contribution in [3.05, 3.63) is 29.3 Å². The maximum Gasteiger partial charge on any atom is 0.446 e. The zero-order valence-corrected chi connectivity index (χ0v) is 8.84. The highest BCUT2D eigenvalue weighted by molar-refractivity contribution is 7.81. The van der Waals surface area contributed by atoms with Crippen molar-refractivity contribution >= 4 is 10.4 Å². The monoisotopic (exact) mass is 216 g/mol. The molecule has 14 heavy (non-hydrogen) atoms. The maximum absolute atomic E-state index is 10.5. The fourth-order valence-electron chi connectivity index (χ4n) is 1.32. The summed E-state index contributed by atoms with van der Waals surface area (Å²) in [6.45, 7) is 3.74. The summed E-state index contributed by atoms with van der Waals surface area (Å²) in [7, 11) is -4.43. The van der Waals surface area contributed by atoms with Gasteiger partial charge in [-0.1, -0.05) is 19.1 Å². The van der Waals surface area contributed by atoms with E-state index in [4.69, 9.17) is 4.55 Å². The summed E-state index contributed by atoms with van der Waals surface area (Å²) in [5, 5.41) is 0. The highest BCUT2D eigenvalue weighted by Gasteiger charge is 2.11. The van der Waals surface area contributed by atoms with Gasteiger partial charge in [-0.15, -0.1) is 0 Å². The molecule has 0 radical (unpaired) electrons. The van der Waals surface area contributed by atoms with E-state index in [0.717, 1.165) is 11.1 Å². The number of hydrogen-bond acceptors (Lipinski definition) is 3. The second-order valence-corrected chi connectivity index (χ2v) is 3.94. The molecule has 5 heteroatoms. The first-order chi connectivity index (χ1) is 6.44. The summed E-state index contributed by atoms with van der Waals surface area (Å²) >= 11 is 0. The normalized spacial score (nSPS) is 11.4. The van der Waals surface area contributed by atoms with Gasteiger partial charge in [-0.05, 0) is 30.5 Å². The molecule has 0 saturated heterocycles. The van der Waals surface area contributed by atoms with Gasteiger partial charge in [-0.3, -0.25) is 4.55 Å². The van der Waals surface area contributed by atoms with Gasteiger partial charge in [0.1, 0.15) is 5.75 Å². The van der Waals surface area contributed by atoms with Crippen molar-refractivity contribution in [3.63, 3.8) is 0 Å². The minimum atomic E-state index is -4.43. The number of benzene rings is 1. The lowest BCUT2D eigenvalue weighted by molar-refractivity contribution is 0.385. The largest absolute Gasteiger partial charge is 0.446 e. The molecule has 0 bridgehead atoms. The molecule has 0 unspecified atom stereocenters. The average Bonchev–Trinajstić information content (AvgIpc) is 2.01. The summed E-state index contributed by atoms with van der Waals surface area (Å²) in [4.78, 5) is 0. The van der Waals surface area contributed by atoms with E-state index in [9.17, 15) is 8.42 Å². The van der Waals surface area contributed by atoms with Crippen molar-refractivity contribution in [2.24, 2.45) is 0 Å². The Labute approximate surface area is 83.5 Å². The summed E-state index contributed by atoms with van der Waals surface area (Å²) in [6, 6.07) is 5.05. The highest BCUT2D eigenvalue weighted by atomic mass is 32.3.